The maximum atomic E-state index is 15.8. The average Bonchev–Trinajstić information content (AvgIpc) is 3.65. The van der Waals surface area contributed by atoms with Gasteiger partial charge in [-0.2, -0.15) is 0 Å². The molecule has 3 aromatic carbocycles. The number of hydrogen-bond donors (Lipinski definition) is 2. The van der Waals surface area contributed by atoms with E-state index in [1.165, 1.54) is 13.2 Å². The van der Waals surface area contributed by atoms with Crippen LogP contribution in [0.2, 0.25) is 0 Å². The first-order valence-electron chi connectivity index (χ1n) is 15.5. The van der Waals surface area contributed by atoms with E-state index in [-0.39, 0.29) is 31.4 Å². The minimum absolute atomic E-state index is 0.0211. The number of benzene rings is 3. The van der Waals surface area contributed by atoms with Gasteiger partial charge in [0.2, 0.25) is 18.4 Å². The quantitative estimate of drug-likeness (QED) is 0.244. The first-order chi connectivity index (χ1) is 21.7. The zero-order valence-electron chi connectivity index (χ0n) is 26.4. The number of carbonyl (C=O) groups is 2. The number of carbonyl (C=O) groups excluding carboxylic acids is 1. The van der Waals surface area contributed by atoms with Gasteiger partial charge >= 0.3 is 5.97 Å². The number of halogens is 1. The van der Waals surface area contributed by atoms with Crippen LogP contribution in [0.4, 0.5) is 10.1 Å². The van der Waals surface area contributed by atoms with E-state index in [1.54, 1.807) is 29.2 Å². The summed E-state index contributed by atoms with van der Waals surface area (Å²) in [5.74, 6) is -2.02. The van der Waals surface area contributed by atoms with E-state index in [0.717, 1.165) is 41.6 Å². The van der Waals surface area contributed by atoms with E-state index >= 15 is 4.39 Å². The summed E-state index contributed by atoms with van der Waals surface area (Å²) in [7, 11) is 1.50. The van der Waals surface area contributed by atoms with Crippen LogP contribution >= 0.6 is 0 Å². The predicted molar refractivity (Wildman–Crippen MR) is 168 cm³/mol. The van der Waals surface area contributed by atoms with Gasteiger partial charge in [0.05, 0.1) is 32.2 Å². The second-order valence-corrected chi connectivity index (χ2v) is 11.5. The van der Waals surface area contributed by atoms with Crippen LogP contribution in [0.5, 0.6) is 23.0 Å². The van der Waals surface area contributed by atoms with Crippen molar-refractivity contribution in [3.63, 3.8) is 0 Å². The number of likely N-dealkylation sites (tertiary alicyclic amines) is 1. The van der Waals surface area contributed by atoms with Gasteiger partial charge in [-0.15, -0.1) is 0 Å². The molecule has 0 spiro atoms. The summed E-state index contributed by atoms with van der Waals surface area (Å²) in [6, 6.07) is 11.2. The highest BCUT2D eigenvalue weighted by Crippen LogP contribution is 2.50. The number of ether oxygens (including phenoxy) is 4. The normalized spacial score (nSPS) is 19.0. The molecule has 0 aromatic heterocycles. The van der Waals surface area contributed by atoms with Crippen molar-refractivity contribution in [1.29, 1.82) is 0 Å². The highest BCUT2D eigenvalue weighted by molar-refractivity contribution is 5.94. The fourth-order valence-corrected chi connectivity index (χ4v) is 6.54. The number of carboxylic acid groups (broad SMARTS) is 1. The summed E-state index contributed by atoms with van der Waals surface area (Å²) in [5.41, 5.74) is 4.78. The molecule has 1 amide bonds. The van der Waals surface area contributed by atoms with E-state index in [9.17, 15) is 14.7 Å². The maximum absolute atomic E-state index is 15.8. The topological polar surface area (TPSA) is 107 Å². The third-order valence-corrected chi connectivity index (χ3v) is 8.57. The molecule has 0 saturated carbocycles. The molecule has 1 saturated heterocycles. The van der Waals surface area contributed by atoms with Gasteiger partial charge in [0, 0.05) is 29.8 Å². The molecule has 2 aliphatic heterocycles. The fraction of sp³-hybridized carbons (Fsp3) is 0.429. The molecule has 45 heavy (non-hydrogen) atoms. The molecule has 5 rings (SSSR count). The molecule has 3 aromatic rings. The van der Waals surface area contributed by atoms with E-state index in [2.05, 4.69) is 17.4 Å². The van der Waals surface area contributed by atoms with Gasteiger partial charge in [-0.1, -0.05) is 44.5 Å². The molecule has 2 aliphatic rings. The number of rotatable bonds is 12. The van der Waals surface area contributed by atoms with Crippen molar-refractivity contribution in [2.24, 2.45) is 5.92 Å². The van der Waals surface area contributed by atoms with Crippen molar-refractivity contribution in [3.05, 3.63) is 76.1 Å². The number of carboxylic acids is 1. The number of fused-ring (bicyclic) bond motifs is 1. The SMILES string of the molecule is CCCOc1ccc([C@H]2[C@H](C(=O)O)[C@@H](c3cc(OC)c4c(c3)OCO4)CN2CC(=O)Nc2c(CC)cc(C)cc2CC)c(F)c1. The number of anilines is 1. The molecule has 0 aliphatic carbocycles. The van der Waals surface area contributed by atoms with Crippen molar-refractivity contribution in [2.45, 2.75) is 58.9 Å². The molecule has 240 valence electrons. The van der Waals surface area contributed by atoms with Crippen LogP contribution < -0.4 is 24.3 Å². The van der Waals surface area contributed by atoms with Crippen molar-refractivity contribution >= 4 is 17.6 Å². The second-order valence-electron chi connectivity index (χ2n) is 11.5. The van der Waals surface area contributed by atoms with E-state index < -0.39 is 29.7 Å². The third kappa shape index (κ3) is 6.56. The lowest BCUT2D eigenvalue weighted by molar-refractivity contribution is -0.143. The van der Waals surface area contributed by atoms with Crippen LogP contribution in [0.3, 0.4) is 0 Å². The molecular formula is C35H41FN2O7. The van der Waals surface area contributed by atoms with Crippen LogP contribution in [0.15, 0.2) is 42.5 Å². The summed E-state index contributed by atoms with van der Waals surface area (Å²) in [4.78, 5) is 28.5. The zero-order chi connectivity index (χ0) is 32.2. The maximum Gasteiger partial charge on any atom is 0.309 e. The Morgan fingerprint density at radius 2 is 1.80 bits per heavy atom. The van der Waals surface area contributed by atoms with Crippen LogP contribution in [0.25, 0.3) is 0 Å². The van der Waals surface area contributed by atoms with Crippen LogP contribution in [-0.4, -0.2) is 55.5 Å². The Morgan fingerprint density at radius 3 is 2.42 bits per heavy atom. The smallest absolute Gasteiger partial charge is 0.309 e. The van der Waals surface area contributed by atoms with Crippen molar-refractivity contribution < 1.29 is 38.0 Å². The molecular weight excluding hydrogens is 579 g/mol. The second kappa shape index (κ2) is 13.8. The van der Waals surface area contributed by atoms with Crippen molar-refractivity contribution in [2.75, 3.05) is 38.9 Å². The number of aliphatic carboxylic acids is 1. The average molecular weight is 621 g/mol. The first-order valence-corrected chi connectivity index (χ1v) is 15.5. The molecule has 1 fully saturated rings. The molecule has 0 unspecified atom stereocenters. The van der Waals surface area contributed by atoms with E-state index in [1.807, 2.05) is 27.7 Å². The Kier molecular flexibility index (Phi) is 9.82. The Balaban J connectivity index is 1.54. The fourth-order valence-electron chi connectivity index (χ4n) is 6.54. The highest BCUT2D eigenvalue weighted by atomic mass is 19.1. The van der Waals surface area contributed by atoms with Gasteiger partial charge in [-0.25, -0.2) is 4.39 Å². The van der Waals surface area contributed by atoms with Crippen LogP contribution in [0, 0.1) is 18.7 Å². The van der Waals surface area contributed by atoms with Gasteiger partial charge < -0.3 is 29.4 Å². The standard InChI is InChI=1S/C35H41FN2O7/c1-6-11-43-24-9-10-25(27(36)16-24)33-31(35(40)41)26(23-14-28(42-5)34-29(15-23)44-19-45-34)17-38(33)18-30(39)37-32-21(7-2)12-20(4)13-22(32)8-3/h9-10,12-16,26,31,33H,6-8,11,17-19H2,1-5H3,(H,37,39)(H,40,41)/t26-,31-,33+/m1/s1. The lowest BCUT2D eigenvalue weighted by atomic mass is 9.82. The van der Waals surface area contributed by atoms with Gasteiger partial charge in [-0.3, -0.25) is 14.5 Å². The molecule has 10 heteroatoms. The number of nitrogens with one attached hydrogen (secondary N) is 1. The molecule has 0 radical (unpaired) electrons. The summed E-state index contributed by atoms with van der Waals surface area (Å²) in [5, 5.41) is 13.8. The Hall–Kier alpha value is -4.31. The van der Waals surface area contributed by atoms with E-state index in [4.69, 9.17) is 18.9 Å². The Morgan fingerprint density at radius 1 is 1.07 bits per heavy atom. The van der Waals surface area contributed by atoms with Crippen molar-refractivity contribution in [3.8, 4) is 23.0 Å². The number of methoxy groups -OCH3 is 1. The minimum Gasteiger partial charge on any atom is -0.494 e. The van der Waals surface area contributed by atoms with Gasteiger partial charge in [0.15, 0.2) is 11.5 Å². The predicted octanol–water partition coefficient (Wildman–Crippen LogP) is 6.27. The zero-order valence-corrected chi connectivity index (χ0v) is 26.4. The number of aryl methyl sites for hydroxylation is 3. The third-order valence-electron chi connectivity index (χ3n) is 8.57. The molecule has 3 atom stereocenters. The summed E-state index contributed by atoms with van der Waals surface area (Å²) in [6.07, 6.45) is 2.24. The lowest BCUT2D eigenvalue weighted by Gasteiger charge is -2.27. The first kappa shape index (κ1) is 32.1. The summed E-state index contributed by atoms with van der Waals surface area (Å²) in [6.45, 7) is 8.56. The molecule has 2 N–H and O–H groups in total. The van der Waals surface area contributed by atoms with Crippen LogP contribution in [0.1, 0.15) is 67.0 Å². The molecule has 2 heterocycles. The summed E-state index contributed by atoms with van der Waals surface area (Å²) < 4.78 is 38.2. The lowest BCUT2D eigenvalue weighted by Crippen LogP contribution is -2.36. The molecule has 0 bridgehead atoms. The van der Waals surface area contributed by atoms with Gasteiger partial charge in [-0.05, 0) is 61.1 Å². The van der Waals surface area contributed by atoms with Gasteiger partial charge in [0.25, 0.3) is 0 Å². The summed E-state index contributed by atoms with van der Waals surface area (Å²) >= 11 is 0. The van der Waals surface area contributed by atoms with Crippen molar-refractivity contribution in [1.82, 2.24) is 4.90 Å². The Bertz CT molecular complexity index is 1550. The number of nitrogens with zero attached hydrogens (tertiary/aromatic N) is 1. The largest absolute Gasteiger partial charge is 0.494 e. The Labute approximate surface area is 263 Å². The molecule has 9 nitrogen and oxygen atoms in total. The number of hydrogen-bond acceptors (Lipinski definition) is 7. The highest BCUT2D eigenvalue weighted by Gasteiger charge is 2.49. The minimum atomic E-state index is -1.10. The van der Waals surface area contributed by atoms with Gasteiger partial charge in [0.1, 0.15) is 11.6 Å². The number of amides is 1. The van der Waals surface area contributed by atoms with Crippen LogP contribution in [-0.2, 0) is 22.4 Å². The monoisotopic (exact) mass is 620 g/mol. The van der Waals surface area contributed by atoms with E-state index in [0.29, 0.717) is 35.2 Å².